The largest absolute Gasteiger partial charge is 0.395 e. The van der Waals surface area contributed by atoms with Gasteiger partial charge in [-0.2, -0.15) is 0 Å². The fraction of sp³-hybridized carbons (Fsp3) is 0.154. The van der Waals surface area contributed by atoms with Gasteiger partial charge in [0.05, 0.1) is 5.69 Å². The molecule has 4 nitrogen and oxygen atoms in total. The first-order chi connectivity index (χ1) is 8.56. The zero-order valence-corrected chi connectivity index (χ0v) is 10.1. The van der Waals surface area contributed by atoms with E-state index in [1.165, 1.54) is 6.07 Å². The minimum absolute atomic E-state index is 0.128. The first-order valence-corrected chi connectivity index (χ1v) is 5.64. The monoisotopic (exact) mass is 246 g/mol. The van der Waals surface area contributed by atoms with Crippen molar-refractivity contribution in [3.05, 3.63) is 35.6 Å². The summed E-state index contributed by atoms with van der Waals surface area (Å²) in [5, 5.41) is 0. The molecule has 0 amide bonds. The molecule has 2 aromatic rings. The van der Waals surface area contributed by atoms with Gasteiger partial charge in [-0.25, -0.2) is 9.37 Å². The van der Waals surface area contributed by atoms with Crippen molar-refractivity contribution in [1.29, 1.82) is 0 Å². The number of hydrogen-bond acceptors (Lipinski definition) is 4. The second kappa shape index (κ2) is 4.52. The van der Waals surface area contributed by atoms with E-state index in [4.69, 9.17) is 17.2 Å². The van der Waals surface area contributed by atoms with Crippen LogP contribution in [0.25, 0.3) is 11.1 Å². The number of anilines is 3. The van der Waals surface area contributed by atoms with E-state index in [0.717, 1.165) is 0 Å². The maximum atomic E-state index is 13.9. The molecule has 94 valence electrons. The fourth-order valence-electron chi connectivity index (χ4n) is 2.01. The molecular formula is C13H15FN4. The van der Waals surface area contributed by atoms with Gasteiger partial charge in [0.25, 0.3) is 0 Å². The number of aromatic nitrogens is 1. The number of nitrogen functional groups attached to an aromatic ring is 3. The summed E-state index contributed by atoms with van der Waals surface area (Å²) in [7, 11) is 0. The summed E-state index contributed by atoms with van der Waals surface area (Å²) in [6.07, 6.45) is 0.604. The molecule has 1 aromatic heterocycles. The third kappa shape index (κ3) is 1.84. The van der Waals surface area contributed by atoms with Crippen molar-refractivity contribution in [2.24, 2.45) is 0 Å². The van der Waals surface area contributed by atoms with Crippen LogP contribution in [0.15, 0.2) is 24.3 Å². The van der Waals surface area contributed by atoms with Gasteiger partial charge in [-0.05, 0) is 12.5 Å². The topological polar surface area (TPSA) is 90.9 Å². The minimum atomic E-state index is -0.357. The summed E-state index contributed by atoms with van der Waals surface area (Å²) < 4.78 is 13.9. The average molecular weight is 246 g/mol. The van der Waals surface area contributed by atoms with Crippen molar-refractivity contribution in [3.63, 3.8) is 0 Å². The number of halogens is 1. The number of nitrogens with two attached hydrogens (primary N) is 3. The number of rotatable bonds is 2. The Morgan fingerprint density at radius 1 is 1.11 bits per heavy atom. The van der Waals surface area contributed by atoms with Gasteiger partial charge < -0.3 is 17.2 Å². The summed E-state index contributed by atoms with van der Waals surface area (Å²) >= 11 is 0. The van der Waals surface area contributed by atoms with Crippen molar-refractivity contribution < 1.29 is 4.39 Å². The predicted molar refractivity (Wildman–Crippen MR) is 72.2 cm³/mol. The van der Waals surface area contributed by atoms with Crippen molar-refractivity contribution in [2.75, 3.05) is 17.2 Å². The third-order valence-corrected chi connectivity index (χ3v) is 2.89. The quantitative estimate of drug-likeness (QED) is 0.757. The summed E-state index contributed by atoms with van der Waals surface area (Å²) in [6.45, 7) is 1.91. The molecule has 0 atom stereocenters. The minimum Gasteiger partial charge on any atom is -0.395 e. The highest BCUT2D eigenvalue weighted by Gasteiger charge is 2.17. The van der Waals surface area contributed by atoms with E-state index in [-0.39, 0.29) is 17.3 Å². The van der Waals surface area contributed by atoms with Crippen LogP contribution >= 0.6 is 0 Å². The highest BCUT2D eigenvalue weighted by atomic mass is 19.1. The lowest BCUT2D eigenvalue weighted by Gasteiger charge is -2.15. The van der Waals surface area contributed by atoms with Crippen molar-refractivity contribution in [2.45, 2.75) is 13.3 Å². The molecular weight excluding hydrogens is 231 g/mol. The van der Waals surface area contributed by atoms with Crippen LogP contribution < -0.4 is 17.2 Å². The van der Waals surface area contributed by atoms with Crippen molar-refractivity contribution in [3.8, 4) is 11.1 Å². The molecule has 6 N–H and O–H groups in total. The molecule has 0 aliphatic rings. The SMILES string of the molecule is CCc1c(N)nc(N)c(N)c1-c1ccccc1F. The number of hydrogen-bond donors (Lipinski definition) is 3. The zero-order chi connectivity index (χ0) is 13.3. The van der Waals surface area contributed by atoms with E-state index in [2.05, 4.69) is 4.98 Å². The van der Waals surface area contributed by atoms with Gasteiger partial charge in [-0.15, -0.1) is 0 Å². The lowest BCUT2D eigenvalue weighted by Crippen LogP contribution is -2.08. The summed E-state index contributed by atoms with van der Waals surface area (Å²) in [5.41, 5.74) is 19.4. The van der Waals surface area contributed by atoms with Crippen LogP contribution in [0.4, 0.5) is 21.7 Å². The Hall–Kier alpha value is -2.30. The fourth-order valence-corrected chi connectivity index (χ4v) is 2.01. The summed E-state index contributed by atoms with van der Waals surface area (Å²) in [4.78, 5) is 3.97. The lowest BCUT2D eigenvalue weighted by molar-refractivity contribution is 0.631. The molecule has 1 heterocycles. The van der Waals surface area contributed by atoms with E-state index in [0.29, 0.717) is 28.9 Å². The Bertz CT molecular complexity index is 596. The van der Waals surface area contributed by atoms with Crippen LogP contribution in [-0.4, -0.2) is 4.98 Å². The number of pyridine rings is 1. The molecule has 0 fully saturated rings. The van der Waals surface area contributed by atoms with Crippen LogP contribution in [-0.2, 0) is 6.42 Å². The molecule has 0 spiro atoms. The van der Waals surface area contributed by atoms with Gasteiger partial charge >= 0.3 is 0 Å². The molecule has 0 saturated carbocycles. The smallest absolute Gasteiger partial charge is 0.149 e. The van der Waals surface area contributed by atoms with Crippen LogP contribution in [0.5, 0.6) is 0 Å². The Morgan fingerprint density at radius 3 is 2.39 bits per heavy atom. The third-order valence-electron chi connectivity index (χ3n) is 2.89. The second-order valence-electron chi connectivity index (χ2n) is 3.98. The molecule has 0 saturated heterocycles. The molecule has 0 bridgehead atoms. The van der Waals surface area contributed by atoms with Gasteiger partial charge in [0.2, 0.25) is 0 Å². The van der Waals surface area contributed by atoms with E-state index >= 15 is 0 Å². The Kier molecular flexibility index (Phi) is 3.06. The average Bonchev–Trinajstić information content (AvgIpc) is 2.34. The van der Waals surface area contributed by atoms with Gasteiger partial charge in [-0.3, -0.25) is 0 Å². The summed E-state index contributed by atoms with van der Waals surface area (Å²) in [5.74, 6) is 0.0642. The molecule has 1 aromatic carbocycles. The number of nitrogens with zero attached hydrogens (tertiary/aromatic N) is 1. The maximum absolute atomic E-state index is 13.9. The molecule has 0 unspecified atom stereocenters. The standard InChI is InChI=1S/C13H15FN4/c1-2-7-10(8-5-3-4-6-9(8)14)11(15)13(17)18-12(7)16/h3-6H,2,15H2,1H3,(H4,16,17,18). The number of benzene rings is 1. The van der Waals surface area contributed by atoms with E-state index in [1.54, 1.807) is 18.2 Å². The Balaban J connectivity index is 2.81. The van der Waals surface area contributed by atoms with E-state index in [9.17, 15) is 4.39 Å². The first-order valence-electron chi connectivity index (χ1n) is 5.64. The maximum Gasteiger partial charge on any atom is 0.149 e. The normalized spacial score (nSPS) is 10.6. The molecule has 2 rings (SSSR count). The van der Waals surface area contributed by atoms with Crippen LogP contribution in [0, 0.1) is 5.82 Å². The van der Waals surface area contributed by atoms with Gasteiger partial charge in [0.1, 0.15) is 17.5 Å². The molecule has 0 radical (unpaired) electrons. The summed E-state index contributed by atoms with van der Waals surface area (Å²) in [6, 6.07) is 6.39. The zero-order valence-electron chi connectivity index (χ0n) is 10.1. The van der Waals surface area contributed by atoms with Crippen LogP contribution in [0.2, 0.25) is 0 Å². The van der Waals surface area contributed by atoms with E-state index < -0.39 is 0 Å². The lowest BCUT2D eigenvalue weighted by atomic mass is 9.96. The van der Waals surface area contributed by atoms with Gasteiger partial charge in [-0.1, -0.05) is 25.1 Å². The van der Waals surface area contributed by atoms with Gasteiger partial charge in [0.15, 0.2) is 0 Å². The van der Waals surface area contributed by atoms with Crippen molar-refractivity contribution >= 4 is 17.3 Å². The van der Waals surface area contributed by atoms with Gasteiger partial charge in [0, 0.05) is 16.7 Å². The highest BCUT2D eigenvalue weighted by molar-refractivity contribution is 5.88. The predicted octanol–water partition coefficient (Wildman–Crippen LogP) is 2.20. The first kappa shape index (κ1) is 12.2. The van der Waals surface area contributed by atoms with Crippen molar-refractivity contribution in [1.82, 2.24) is 4.98 Å². The second-order valence-corrected chi connectivity index (χ2v) is 3.98. The Labute approximate surface area is 105 Å². The molecule has 0 aliphatic carbocycles. The molecule has 0 aliphatic heterocycles. The molecule has 18 heavy (non-hydrogen) atoms. The Morgan fingerprint density at radius 2 is 1.78 bits per heavy atom. The highest BCUT2D eigenvalue weighted by Crippen LogP contribution is 2.36. The van der Waals surface area contributed by atoms with E-state index in [1.807, 2.05) is 6.92 Å². The van der Waals surface area contributed by atoms with Crippen LogP contribution in [0.3, 0.4) is 0 Å². The van der Waals surface area contributed by atoms with Crippen LogP contribution in [0.1, 0.15) is 12.5 Å². The molecule has 5 heteroatoms.